The normalized spacial score (nSPS) is 25.7. The van der Waals surface area contributed by atoms with Gasteiger partial charge in [0.2, 0.25) is 0 Å². The molecule has 9 heteroatoms. The van der Waals surface area contributed by atoms with Crippen LogP contribution in [0.15, 0.2) is 64.2 Å². The fourth-order valence-corrected chi connectivity index (χ4v) is 5.17. The summed E-state index contributed by atoms with van der Waals surface area (Å²) < 4.78 is 6.65. The van der Waals surface area contributed by atoms with Gasteiger partial charge in [-0.25, -0.2) is 0 Å². The molecule has 8 nitrogen and oxygen atoms in total. The van der Waals surface area contributed by atoms with Crippen molar-refractivity contribution in [3.8, 4) is 5.75 Å². The molecule has 32 heavy (non-hydrogen) atoms. The van der Waals surface area contributed by atoms with Gasteiger partial charge in [-0.05, 0) is 42.0 Å². The molecule has 0 aromatic heterocycles. The summed E-state index contributed by atoms with van der Waals surface area (Å²) in [6.45, 7) is 0.116. The number of hydrazone groups is 1. The molecular formula is C23H18BrN3O5. The lowest BCUT2D eigenvalue weighted by atomic mass is 9.85. The van der Waals surface area contributed by atoms with Gasteiger partial charge in [-0.3, -0.25) is 19.7 Å². The highest BCUT2D eigenvalue weighted by Crippen LogP contribution is 2.52. The molecule has 1 aliphatic heterocycles. The first-order chi connectivity index (χ1) is 15.4. The second-order valence-electron chi connectivity index (χ2n) is 8.13. The molecule has 5 rings (SSSR count). The molecule has 2 bridgehead atoms. The fraction of sp³-hybridized carbons (Fsp3) is 0.261. The molecule has 2 amide bonds. The van der Waals surface area contributed by atoms with Crippen LogP contribution in [0.2, 0.25) is 0 Å². The second kappa shape index (κ2) is 7.98. The lowest BCUT2D eigenvalue weighted by Gasteiger charge is -2.13. The molecule has 0 spiro atoms. The lowest BCUT2D eigenvalue weighted by molar-refractivity contribution is -0.384. The first kappa shape index (κ1) is 20.6. The van der Waals surface area contributed by atoms with E-state index in [0.717, 1.165) is 15.9 Å². The average Bonchev–Trinajstić information content (AvgIpc) is 3.46. The molecule has 2 fully saturated rings. The number of allylic oxidation sites excluding steroid dienone is 2. The van der Waals surface area contributed by atoms with Crippen LogP contribution < -0.4 is 4.74 Å². The Balaban J connectivity index is 1.34. The molecule has 0 N–H and O–H groups in total. The maximum Gasteiger partial charge on any atom is 0.269 e. The monoisotopic (exact) mass is 495 g/mol. The van der Waals surface area contributed by atoms with Crippen molar-refractivity contribution < 1.29 is 19.2 Å². The number of nitro benzene ring substituents is 1. The SMILES string of the molecule is O=C1C2C3C=CC(C3)C2C(=O)N1N=Cc1cc(Br)ccc1OCc1cccc([N+](=O)[O-])c1. The predicted octanol–water partition coefficient (Wildman–Crippen LogP) is 4.08. The van der Waals surface area contributed by atoms with Gasteiger partial charge in [-0.2, -0.15) is 10.1 Å². The Labute approximate surface area is 191 Å². The van der Waals surface area contributed by atoms with Crippen molar-refractivity contribution in [1.82, 2.24) is 5.01 Å². The number of nitrogens with zero attached hydrogens (tertiary/aromatic N) is 3. The molecule has 1 heterocycles. The number of ether oxygens (including phenoxy) is 1. The molecule has 4 atom stereocenters. The van der Waals surface area contributed by atoms with Gasteiger partial charge in [-0.15, -0.1) is 0 Å². The fourth-order valence-electron chi connectivity index (χ4n) is 4.79. The lowest BCUT2D eigenvalue weighted by Crippen LogP contribution is -2.28. The van der Waals surface area contributed by atoms with E-state index in [1.54, 1.807) is 30.3 Å². The third kappa shape index (κ3) is 3.52. The van der Waals surface area contributed by atoms with E-state index in [1.807, 2.05) is 12.2 Å². The van der Waals surface area contributed by atoms with Crippen LogP contribution in [0.4, 0.5) is 5.69 Å². The van der Waals surface area contributed by atoms with Crippen LogP contribution in [0.3, 0.4) is 0 Å². The maximum absolute atomic E-state index is 12.8. The topological polar surface area (TPSA) is 102 Å². The van der Waals surface area contributed by atoms with Gasteiger partial charge in [0.05, 0.1) is 23.0 Å². The van der Waals surface area contributed by atoms with E-state index in [2.05, 4.69) is 21.0 Å². The van der Waals surface area contributed by atoms with Crippen molar-refractivity contribution in [1.29, 1.82) is 0 Å². The Bertz CT molecular complexity index is 1160. The van der Waals surface area contributed by atoms with Crippen molar-refractivity contribution in [3.05, 3.63) is 80.3 Å². The number of carbonyl (C=O) groups is 2. The summed E-state index contributed by atoms with van der Waals surface area (Å²) in [4.78, 5) is 36.2. The van der Waals surface area contributed by atoms with Crippen LogP contribution in [-0.2, 0) is 16.2 Å². The zero-order valence-electron chi connectivity index (χ0n) is 16.8. The van der Waals surface area contributed by atoms with Crippen LogP contribution in [0, 0.1) is 33.8 Å². The van der Waals surface area contributed by atoms with E-state index < -0.39 is 4.92 Å². The van der Waals surface area contributed by atoms with Gasteiger partial charge in [0, 0.05) is 22.2 Å². The number of hydrogen-bond acceptors (Lipinski definition) is 6. The summed E-state index contributed by atoms with van der Waals surface area (Å²) in [6.07, 6.45) is 6.39. The minimum absolute atomic E-state index is 0.0104. The van der Waals surface area contributed by atoms with Crippen molar-refractivity contribution in [2.24, 2.45) is 28.8 Å². The van der Waals surface area contributed by atoms with Crippen LogP contribution in [0.25, 0.3) is 0 Å². The molecule has 1 saturated carbocycles. The van der Waals surface area contributed by atoms with Crippen molar-refractivity contribution >= 4 is 39.6 Å². The summed E-state index contributed by atoms with van der Waals surface area (Å²) in [7, 11) is 0. The number of amides is 2. The van der Waals surface area contributed by atoms with Gasteiger partial charge in [0.25, 0.3) is 17.5 Å². The third-order valence-electron chi connectivity index (χ3n) is 6.25. The first-order valence-electron chi connectivity index (χ1n) is 10.2. The highest BCUT2D eigenvalue weighted by atomic mass is 79.9. The van der Waals surface area contributed by atoms with Crippen molar-refractivity contribution in [2.45, 2.75) is 13.0 Å². The first-order valence-corrected chi connectivity index (χ1v) is 11.0. The van der Waals surface area contributed by atoms with Gasteiger partial charge in [0.1, 0.15) is 12.4 Å². The molecule has 2 aromatic carbocycles. The van der Waals surface area contributed by atoms with Gasteiger partial charge in [0.15, 0.2) is 0 Å². The van der Waals surface area contributed by atoms with E-state index in [1.165, 1.54) is 18.3 Å². The highest BCUT2D eigenvalue weighted by Gasteiger charge is 2.59. The smallest absolute Gasteiger partial charge is 0.269 e. The molecular weight excluding hydrogens is 478 g/mol. The van der Waals surface area contributed by atoms with Crippen molar-refractivity contribution in [2.75, 3.05) is 0 Å². The number of halogens is 1. The largest absolute Gasteiger partial charge is 0.488 e. The Morgan fingerprint density at radius 2 is 1.84 bits per heavy atom. The standard InChI is InChI=1S/C23H18BrN3O5/c24-17-6-7-19(32-12-13-2-1-3-18(8-13)27(30)31)16(10-17)11-25-26-22(28)20-14-4-5-15(9-14)21(20)23(26)29/h1-8,10-11,14-15,20-21H,9,12H2. The van der Waals surface area contributed by atoms with Crippen LogP contribution >= 0.6 is 15.9 Å². The van der Waals surface area contributed by atoms with Crippen LogP contribution in [-0.4, -0.2) is 28.0 Å². The van der Waals surface area contributed by atoms with E-state index in [0.29, 0.717) is 16.9 Å². The van der Waals surface area contributed by atoms with Gasteiger partial charge in [-0.1, -0.05) is 40.2 Å². The summed E-state index contributed by atoms with van der Waals surface area (Å²) >= 11 is 3.41. The molecule has 2 aromatic rings. The number of non-ortho nitro benzene ring substituents is 1. The molecule has 162 valence electrons. The Hall–Kier alpha value is -3.33. The van der Waals surface area contributed by atoms with Crippen molar-refractivity contribution in [3.63, 3.8) is 0 Å². The quantitative estimate of drug-likeness (QED) is 0.197. The van der Waals surface area contributed by atoms with E-state index in [9.17, 15) is 19.7 Å². The average molecular weight is 496 g/mol. The van der Waals surface area contributed by atoms with Gasteiger partial charge < -0.3 is 4.74 Å². The van der Waals surface area contributed by atoms with E-state index >= 15 is 0 Å². The summed E-state index contributed by atoms with van der Waals surface area (Å²) in [5.41, 5.74) is 1.21. The number of fused-ring (bicyclic) bond motifs is 5. The third-order valence-corrected chi connectivity index (χ3v) is 6.74. The molecule has 1 saturated heterocycles. The second-order valence-corrected chi connectivity index (χ2v) is 9.05. The maximum atomic E-state index is 12.8. The number of hydrogen-bond donors (Lipinski definition) is 0. The van der Waals surface area contributed by atoms with E-state index in [4.69, 9.17) is 4.74 Å². The minimum atomic E-state index is -0.456. The minimum Gasteiger partial charge on any atom is -0.488 e. The molecule has 3 aliphatic rings. The van der Waals surface area contributed by atoms with E-state index in [-0.39, 0.29) is 47.8 Å². The Morgan fingerprint density at radius 3 is 2.53 bits per heavy atom. The summed E-state index contributed by atoms with van der Waals surface area (Å²) in [5.74, 6) is -0.375. The Morgan fingerprint density at radius 1 is 1.12 bits per heavy atom. The molecule has 4 unspecified atom stereocenters. The zero-order chi connectivity index (χ0) is 22.4. The zero-order valence-corrected chi connectivity index (χ0v) is 18.3. The predicted molar refractivity (Wildman–Crippen MR) is 119 cm³/mol. The summed E-state index contributed by atoms with van der Waals surface area (Å²) in [5, 5.41) is 16.2. The number of carbonyl (C=O) groups excluding carboxylic acids is 2. The number of nitro groups is 1. The number of benzene rings is 2. The number of imide groups is 1. The highest BCUT2D eigenvalue weighted by molar-refractivity contribution is 9.10. The molecule has 0 radical (unpaired) electrons. The van der Waals surface area contributed by atoms with Crippen LogP contribution in [0.5, 0.6) is 5.75 Å². The van der Waals surface area contributed by atoms with Gasteiger partial charge >= 0.3 is 0 Å². The summed E-state index contributed by atoms with van der Waals surface area (Å²) in [6, 6.07) is 11.5. The number of rotatable bonds is 6. The Kier molecular flexibility index (Phi) is 5.13. The van der Waals surface area contributed by atoms with Crippen LogP contribution in [0.1, 0.15) is 17.5 Å². The molecule has 2 aliphatic carbocycles.